The smallest absolute Gasteiger partial charge is 0.156 e. The molecule has 3 nitrogen and oxygen atoms in total. The van der Waals surface area contributed by atoms with E-state index < -0.39 is 24.0 Å². The molecule has 0 saturated heterocycles. The summed E-state index contributed by atoms with van der Waals surface area (Å²) in [7, 11) is 0. The highest BCUT2D eigenvalue weighted by Crippen LogP contribution is 2.60. The molecule has 3 N–H and O–H groups in total. The zero-order chi connectivity index (χ0) is 23.0. The molecular formula is C27H43FO3. The van der Waals surface area contributed by atoms with Crippen molar-refractivity contribution in [3.05, 3.63) is 35.5 Å². The van der Waals surface area contributed by atoms with Crippen molar-refractivity contribution in [1.82, 2.24) is 0 Å². The average molecular weight is 435 g/mol. The van der Waals surface area contributed by atoms with Crippen LogP contribution in [0.2, 0.25) is 0 Å². The van der Waals surface area contributed by atoms with Crippen LogP contribution in [0.3, 0.4) is 0 Å². The van der Waals surface area contributed by atoms with Gasteiger partial charge in [-0.1, -0.05) is 51.0 Å². The monoisotopic (exact) mass is 434 g/mol. The van der Waals surface area contributed by atoms with Gasteiger partial charge in [0.2, 0.25) is 0 Å². The molecule has 7 atom stereocenters. The fraction of sp³-hybridized carbons (Fsp3) is 0.778. The topological polar surface area (TPSA) is 60.7 Å². The van der Waals surface area contributed by atoms with Gasteiger partial charge >= 0.3 is 0 Å². The third kappa shape index (κ3) is 5.34. The van der Waals surface area contributed by atoms with E-state index in [0.29, 0.717) is 28.7 Å². The fourth-order valence-corrected chi connectivity index (χ4v) is 6.72. The molecule has 0 aliphatic heterocycles. The molecule has 176 valence electrons. The van der Waals surface area contributed by atoms with Gasteiger partial charge in [0.1, 0.15) is 6.10 Å². The van der Waals surface area contributed by atoms with Crippen LogP contribution in [-0.4, -0.2) is 39.3 Å². The van der Waals surface area contributed by atoms with Gasteiger partial charge in [-0.2, -0.15) is 0 Å². The van der Waals surface area contributed by atoms with Gasteiger partial charge < -0.3 is 15.3 Å². The minimum atomic E-state index is -1.65. The molecule has 3 rings (SSSR count). The Morgan fingerprint density at radius 2 is 1.97 bits per heavy atom. The molecule has 0 spiro atoms. The SMILES string of the molecule is C=C1/C(=C\C=C2CCC[C@@]3(C)C2CC[C@@H]3[C@H](C)CCCC(C)(C)O)C[C@@H](O)[C@H](F)[C@H]1O. The molecule has 31 heavy (non-hydrogen) atoms. The minimum absolute atomic E-state index is 0.212. The van der Waals surface area contributed by atoms with Gasteiger partial charge in [0.25, 0.3) is 0 Å². The van der Waals surface area contributed by atoms with E-state index in [1.807, 2.05) is 19.9 Å². The summed E-state index contributed by atoms with van der Waals surface area (Å²) in [5, 5.41) is 30.0. The van der Waals surface area contributed by atoms with E-state index in [2.05, 4.69) is 26.5 Å². The van der Waals surface area contributed by atoms with Gasteiger partial charge in [0, 0.05) is 6.42 Å². The Morgan fingerprint density at radius 1 is 1.26 bits per heavy atom. The van der Waals surface area contributed by atoms with E-state index in [1.165, 1.54) is 37.7 Å². The summed E-state index contributed by atoms with van der Waals surface area (Å²) in [4.78, 5) is 0. The van der Waals surface area contributed by atoms with Gasteiger partial charge in [-0.15, -0.1) is 0 Å². The zero-order valence-corrected chi connectivity index (χ0v) is 19.9. The van der Waals surface area contributed by atoms with Crippen LogP contribution in [-0.2, 0) is 0 Å². The quantitative estimate of drug-likeness (QED) is 0.506. The maximum absolute atomic E-state index is 13.9. The van der Waals surface area contributed by atoms with E-state index in [0.717, 1.165) is 24.8 Å². The summed E-state index contributed by atoms with van der Waals surface area (Å²) in [6, 6.07) is 0. The summed E-state index contributed by atoms with van der Waals surface area (Å²) in [6.45, 7) is 12.5. The van der Waals surface area contributed by atoms with E-state index in [9.17, 15) is 19.7 Å². The molecule has 0 aromatic heterocycles. The fourth-order valence-electron chi connectivity index (χ4n) is 6.72. The van der Waals surface area contributed by atoms with Crippen LogP contribution in [0.25, 0.3) is 0 Å². The Labute approximate surface area is 188 Å². The summed E-state index contributed by atoms with van der Waals surface area (Å²) in [5.41, 5.74) is 2.36. The third-order valence-electron chi connectivity index (χ3n) is 8.54. The van der Waals surface area contributed by atoms with Crippen molar-refractivity contribution >= 4 is 0 Å². The van der Waals surface area contributed by atoms with Crippen LogP contribution in [0.15, 0.2) is 35.5 Å². The maximum Gasteiger partial charge on any atom is 0.156 e. The second-order valence-corrected chi connectivity index (χ2v) is 11.4. The number of hydrogen-bond donors (Lipinski definition) is 3. The average Bonchev–Trinajstić information content (AvgIpc) is 3.04. The molecule has 0 heterocycles. The van der Waals surface area contributed by atoms with Crippen molar-refractivity contribution in [2.75, 3.05) is 0 Å². The Morgan fingerprint density at radius 3 is 2.65 bits per heavy atom. The number of fused-ring (bicyclic) bond motifs is 1. The van der Waals surface area contributed by atoms with Gasteiger partial charge in [0.05, 0.1) is 11.7 Å². The van der Waals surface area contributed by atoms with Crippen LogP contribution in [0.1, 0.15) is 85.5 Å². The number of allylic oxidation sites excluding steroid dienone is 3. The maximum atomic E-state index is 13.9. The molecule has 0 aromatic carbocycles. The van der Waals surface area contributed by atoms with Gasteiger partial charge in [-0.25, -0.2) is 4.39 Å². The first-order valence-electron chi connectivity index (χ1n) is 12.3. The Kier molecular flexibility index (Phi) is 7.55. The van der Waals surface area contributed by atoms with Crippen molar-refractivity contribution in [3.63, 3.8) is 0 Å². The first kappa shape index (κ1) is 24.7. The first-order valence-corrected chi connectivity index (χ1v) is 12.3. The molecule has 1 unspecified atom stereocenters. The molecule has 0 amide bonds. The number of aliphatic hydroxyl groups excluding tert-OH is 2. The summed E-state index contributed by atoms with van der Waals surface area (Å²) in [5.74, 6) is 1.93. The molecule has 3 fully saturated rings. The van der Waals surface area contributed by atoms with Crippen LogP contribution >= 0.6 is 0 Å². The molecule has 0 aromatic rings. The highest BCUT2D eigenvalue weighted by Gasteiger charge is 2.50. The summed E-state index contributed by atoms with van der Waals surface area (Å²) in [6.07, 6.45) is 9.34. The van der Waals surface area contributed by atoms with Crippen molar-refractivity contribution < 1.29 is 19.7 Å². The Hall–Kier alpha value is -0.970. The lowest BCUT2D eigenvalue weighted by Gasteiger charge is -2.44. The van der Waals surface area contributed by atoms with Gasteiger partial charge in [-0.3, -0.25) is 0 Å². The second kappa shape index (κ2) is 9.49. The second-order valence-electron chi connectivity index (χ2n) is 11.4. The standard InChI is InChI=1S/C27H43FO3/c1-17(8-6-14-26(3,4)31)21-12-13-22-19(9-7-15-27(21,22)5)10-11-20-16-23(29)24(28)25(30)18(20)2/h10-11,17,21-25,29-31H,2,6-9,12-16H2,1,3-5H3/b19-10?,20-11-/t17-,21-,22?,23-,24+,25+,27-/m1/s1. The van der Waals surface area contributed by atoms with Gasteiger partial charge in [-0.05, 0) is 86.7 Å². The van der Waals surface area contributed by atoms with E-state index in [-0.39, 0.29) is 6.42 Å². The first-order chi connectivity index (χ1) is 14.4. The molecule has 0 bridgehead atoms. The van der Waals surface area contributed by atoms with E-state index in [4.69, 9.17) is 0 Å². The third-order valence-corrected chi connectivity index (χ3v) is 8.54. The number of alkyl halides is 1. The zero-order valence-electron chi connectivity index (χ0n) is 19.9. The van der Waals surface area contributed by atoms with Crippen molar-refractivity contribution in [2.24, 2.45) is 23.2 Å². The summed E-state index contributed by atoms with van der Waals surface area (Å²) < 4.78 is 13.9. The van der Waals surface area contributed by atoms with E-state index >= 15 is 0 Å². The molecule has 0 radical (unpaired) electrons. The van der Waals surface area contributed by atoms with Crippen LogP contribution in [0, 0.1) is 23.2 Å². The van der Waals surface area contributed by atoms with Crippen LogP contribution < -0.4 is 0 Å². The van der Waals surface area contributed by atoms with E-state index in [1.54, 1.807) is 0 Å². The molecule has 3 aliphatic carbocycles. The number of rotatable bonds is 6. The lowest BCUT2D eigenvalue weighted by Crippen LogP contribution is -2.40. The molecule has 3 aliphatic rings. The lowest BCUT2D eigenvalue weighted by atomic mass is 9.60. The van der Waals surface area contributed by atoms with Crippen LogP contribution in [0.5, 0.6) is 0 Å². The highest BCUT2D eigenvalue weighted by atomic mass is 19.1. The Bertz CT molecular complexity index is 718. The van der Waals surface area contributed by atoms with Crippen molar-refractivity contribution in [2.45, 2.75) is 109 Å². The summed E-state index contributed by atoms with van der Waals surface area (Å²) >= 11 is 0. The predicted molar refractivity (Wildman–Crippen MR) is 124 cm³/mol. The number of aliphatic hydroxyl groups is 3. The highest BCUT2D eigenvalue weighted by molar-refractivity contribution is 5.40. The van der Waals surface area contributed by atoms with Gasteiger partial charge in [0.15, 0.2) is 6.17 Å². The Balaban J connectivity index is 1.71. The molecule has 4 heteroatoms. The molecular weight excluding hydrogens is 391 g/mol. The number of hydrogen-bond acceptors (Lipinski definition) is 3. The predicted octanol–water partition coefficient (Wildman–Crippen LogP) is 5.65. The van der Waals surface area contributed by atoms with Crippen molar-refractivity contribution in [3.8, 4) is 0 Å². The largest absolute Gasteiger partial charge is 0.390 e. The minimum Gasteiger partial charge on any atom is -0.390 e. The lowest BCUT2D eigenvalue weighted by molar-refractivity contribution is -0.00417. The number of halogens is 1. The normalized spacial score (nSPS) is 40.4. The molecule has 3 saturated carbocycles. The van der Waals surface area contributed by atoms with Crippen LogP contribution in [0.4, 0.5) is 4.39 Å². The van der Waals surface area contributed by atoms with Crippen molar-refractivity contribution in [1.29, 1.82) is 0 Å².